The van der Waals surface area contributed by atoms with Crippen molar-refractivity contribution < 1.29 is 9.53 Å². The fourth-order valence-corrected chi connectivity index (χ4v) is 1.97. The molecule has 0 aromatic heterocycles. The number of amides is 1. The second-order valence-electron chi connectivity index (χ2n) is 5.06. The quantitative estimate of drug-likeness (QED) is 0.898. The average Bonchev–Trinajstić information content (AvgIpc) is 3.32. The molecule has 0 atom stereocenters. The third-order valence-electron chi connectivity index (χ3n) is 3.32. The number of carbonyl (C=O) groups is 1. The Morgan fingerprint density at radius 3 is 2.40 bits per heavy atom. The molecule has 0 spiro atoms. The standard InChI is InChI=1S/C17H17NO2/c19-17(14-6-7-14)18-15-8-10-16(11-9-15)20-12-13-4-2-1-3-5-13/h1-5,8-11,14H,6-7,12H2,(H,18,19). The Balaban J connectivity index is 1.54. The monoisotopic (exact) mass is 267 g/mol. The van der Waals surface area contributed by atoms with Crippen molar-refractivity contribution in [3.05, 3.63) is 60.2 Å². The third-order valence-corrected chi connectivity index (χ3v) is 3.32. The SMILES string of the molecule is O=C(Nc1ccc(OCc2ccccc2)cc1)C1CC1. The van der Waals surface area contributed by atoms with E-state index in [0.29, 0.717) is 6.61 Å². The molecule has 0 saturated heterocycles. The molecule has 0 aliphatic heterocycles. The maximum atomic E-state index is 11.6. The first-order valence-electron chi connectivity index (χ1n) is 6.89. The van der Waals surface area contributed by atoms with Gasteiger partial charge in [0, 0.05) is 11.6 Å². The Bertz CT molecular complexity index is 574. The maximum absolute atomic E-state index is 11.6. The molecule has 0 heterocycles. The number of rotatable bonds is 5. The summed E-state index contributed by atoms with van der Waals surface area (Å²) in [5, 5.41) is 2.91. The summed E-state index contributed by atoms with van der Waals surface area (Å²) in [6, 6.07) is 17.6. The van der Waals surface area contributed by atoms with Gasteiger partial charge in [0.15, 0.2) is 0 Å². The van der Waals surface area contributed by atoms with Gasteiger partial charge in [-0.3, -0.25) is 4.79 Å². The van der Waals surface area contributed by atoms with Crippen molar-refractivity contribution in [3.63, 3.8) is 0 Å². The van der Waals surface area contributed by atoms with E-state index in [-0.39, 0.29) is 11.8 Å². The van der Waals surface area contributed by atoms with Crippen LogP contribution >= 0.6 is 0 Å². The molecule has 1 aliphatic carbocycles. The van der Waals surface area contributed by atoms with Gasteiger partial charge in [0.1, 0.15) is 12.4 Å². The van der Waals surface area contributed by atoms with Gasteiger partial charge in [0.2, 0.25) is 5.91 Å². The van der Waals surface area contributed by atoms with Gasteiger partial charge < -0.3 is 10.1 Å². The predicted molar refractivity (Wildman–Crippen MR) is 78.6 cm³/mol. The molecule has 3 nitrogen and oxygen atoms in total. The van der Waals surface area contributed by atoms with Crippen LogP contribution in [0.2, 0.25) is 0 Å². The van der Waals surface area contributed by atoms with Crippen LogP contribution < -0.4 is 10.1 Å². The molecular weight excluding hydrogens is 250 g/mol. The van der Waals surface area contributed by atoms with E-state index in [0.717, 1.165) is 29.8 Å². The zero-order chi connectivity index (χ0) is 13.8. The van der Waals surface area contributed by atoms with Gasteiger partial charge in [-0.15, -0.1) is 0 Å². The summed E-state index contributed by atoms with van der Waals surface area (Å²) < 4.78 is 5.70. The molecule has 0 bridgehead atoms. The van der Waals surface area contributed by atoms with Crippen molar-refractivity contribution in [2.75, 3.05) is 5.32 Å². The highest BCUT2D eigenvalue weighted by molar-refractivity contribution is 5.94. The Kier molecular flexibility index (Phi) is 3.68. The fraction of sp³-hybridized carbons (Fsp3) is 0.235. The molecule has 1 amide bonds. The van der Waals surface area contributed by atoms with Crippen molar-refractivity contribution in [1.29, 1.82) is 0 Å². The predicted octanol–water partition coefficient (Wildman–Crippen LogP) is 3.61. The number of benzene rings is 2. The molecule has 2 aromatic carbocycles. The number of anilines is 1. The van der Waals surface area contributed by atoms with Crippen LogP contribution in [0.3, 0.4) is 0 Å². The number of carbonyl (C=O) groups excluding carboxylic acids is 1. The van der Waals surface area contributed by atoms with Gasteiger partial charge in [-0.1, -0.05) is 30.3 Å². The molecule has 0 radical (unpaired) electrons. The van der Waals surface area contributed by atoms with Gasteiger partial charge in [0.25, 0.3) is 0 Å². The highest BCUT2D eigenvalue weighted by Crippen LogP contribution is 2.30. The van der Waals surface area contributed by atoms with Gasteiger partial charge in [-0.05, 0) is 42.7 Å². The van der Waals surface area contributed by atoms with E-state index in [1.165, 1.54) is 0 Å². The van der Waals surface area contributed by atoms with Gasteiger partial charge in [-0.2, -0.15) is 0 Å². The summed E-state index contributed by atoms with van der Waals surface area (Å²) >= 11 is 0. The Labute approximate surface area is 118 Å². The molecular formula is C17H17NO2. The number of hydrogen-bond donors (Lipinski definition) is 1. The second-order valence-corrected chi connectivity index (χ2v) is 5.06. The van der Waals surface area contributed by atoms with Gasteiger partial charge in [0.05, 0.1) is 0 Å². The molecule has 1 N–H and O–H groups in total. The normalized spacial score (nSPS) is 13.8. The lowest BCUT2D eigenvalue weighted by atomic mass is 10.2. The highest BCUT2D eigenvalue weighted by atomic mass is 16.5. The second kappa shape index (κ2) is 5.78. The van der Waals surface area contributed by atoms with Crippen molar-refractivity contribution in [2.45, 2.75) is 19.4 Å². The highest BCUT2D eigenvalue weighted by Gasteiger charge is 2.29. The third kappa shape index (κ3) is 3.38. The largest absolute Gasteiger partial charge is 0.489 e. The summed E-state index contributed by atoms with van der Waals surface area (Å²) in [6.45, 7) is 0.550. The van der Waals surface area contributed by atoms with E-state index >= 15 is 0 Å². The van der Waals surface area contributed by atoms with Crippen molar-refractivity contribution in [1.82, 2.24) is 0 Å². The van der Waals surface area contributed by atoms with Crippen LogP contribution in [0.1, 0.15) is 18.4 Å². The minimum absolute atomic E-state index is 0.128. The average molecular weight is 267 g/mol. The van der Waals surface area contributed by atoms with E-state index in [4.69, 9.17) is 4.74 Å². The summed E-state index contributed by atoms with van der Waals surface area (Å²) in [4.78, 5) is 11.6. The molecule has 1 fully saturated rings. The lowest BCUT2D eigenvalue weighted by molar-refractivity contribution is -0.117. The van der Waals surface area contributed by atoms with Gasteiger partial charge in [-0.25, -0.2) is 0 Å². The number of ether oxygens (including phenoxy) is 1. The summed E-state index contributed by atoms with van der Waals surface area (Å²) in [5.41, 5.74) is 1.97. The maximum Gasteiger partial charge on any atom is 0.227 e. The molecule has 2 aromatic rings. The minimum atomic E-state index is 0.128. The van der Waals surface area contributed by atoms with E-state index < -0.39 is 0 Å². The first-order valence-corrected chi connectivity index (χ1v) is 6.89. The molecule has 0 unspecified atom stereocenters. The summed E-state index contributed by atoms with van der Waals surface area (Å²) in [7, 11) is 0. The molecule has 102 valence electrons. The topological polar surface area (TPSA) is 38.3 Å². The molecule has 3 heteroatoms. The number of nitrogens with one attached hydrogen (secondary N) is 1. The summed E-state index contributed by atoms with van der Waals surface area (Å²) in [6.07, 6.45) is 2.04. The minimum Gasteiger partial charge on any atom is -0.489 e. The van der Waals surface area contributed by atoms with Gasteiger partial charge >= 0.3 is 0 Å². The Hall–Kier alpha value is -2.29. The molecule has 3 rings (SSSR count). The van der Waals surface area contributed by atoms with E-state index in [1.807, 2.05) is 54.6 Å². The first-order chi connectivity index (χ1) is 9.81. The van der Waals surface area contributed by atoms with E-state index in [1.54, 1.807) is 0 Å². The zero-order valence-corrected chi connectivity index (χ0v) is 11.2. The summed E-state index contributed by atoms with van der Waals surface area (Å²) in [5.74, 6) is 1.16. The fourth-order valence-electron chi connectivity index (χ4n) is 1.97. The first kappa shape index (κ1) is 12.7. The van der Waals surface area contributed by atoms with Crippen molar-refractivity contribution in [2.24, 2.45) is 5.92 Å². The van der Waals surface area contributed by atoms with Crippen LogP contribution in [0, 0.1) is 5.92 Å². The van der Waals surface area contributed by atoms with Crippen LogP contribution in [0.4, 0.5) is 5.69 Å². The van der Waals surface area contributed by atoms with Crippen molar-refractivity contribution >= 4 is 11.6 Å². The Morgan fingerprint density at radius 2 is 1.75 bits per heavy atom. The van der Waals surface area contributed by atoms with Crippen LogP contribution in [-0.2, 0) is 11.4 Å². The van der Waals surface area contributed by atoms with E-state index in [9.17, 15) is 4.79 Å². The smallest absolute Gasteiger partial charge is 0.227 e. The molecule has 20 heavy (non-hydrogen) atoms. The lowest BCUT2D eigenvalue weighted by Gasteiger charge is -2.08. The lowest BCUT2D eigenvalue weighted by Crippen LogP contribution is -2.13. The van der Waals surface area contributed by atoms with Crippen LogP contribution in [-0.4, -0.2) is 5.91 Å². The van der Waals surface area contributed by atoms with Crippen LogP contribution in [0.15, 0.2) is 54.6 Å². The molecule has 1 aliphatic rings. The Morgan fingerprint density at radius 1 is 1.05 bits per heavy atom. The number of hydrogen-bond acceptors (Lipinski definition) is 2. The molecule has 1 saturated carbocycles. The van der Waals surface area contributed by atoms with Crippen LogP contribution in [0.5, 0.6) is 5.75 Å². The van der Waals surface area contributed by atoms with Crippen LogP contribution in [0.25, 0.3) is 0 Å². The van der Waals surface area contributed by atoms with Crippen molar-refractivity contribution in [3.8, 4) is 5.75 Å². The van der Waals surface area contributed by atoms with E-state index in [2.05, 4.69) is 5.32 Å². The zero-order valence-electron chi connectivity index (χ0n) is 11.2.